The summed E-state index contributed by atoms with van der Waals surface area (Å²) in [6.07, 6.45) is 4.17. The standard InChI is InChI=1S/C16H13ClN6O2/c1-19-16(24)10-8-20-13(17)5-12(10)22-11-3-4-23-14(15(11)25-2)9(6-18)7-21-23/h3-5,7-8H,1-2H3,(H,19,24)(H,20,22)/i1D3. The molecule has 9 heteroatoms. The Kier molecular flexibility index (Phi) is 3.48. The molecule has 1 amide bonds. The zero-order chi connectivity index (χ0) is 20.5. The van der Waals surface area contributed by atoms with E-state index in [9.17, 15) is 10.1 Å². The Morgan fingerprint density at radius 1 is 1.48 bits per heavy atom. The number of pyridine rings is 2. The van der Waals surface area contributed by atoms with E-state index < -0.39 is 12.9 Å². The van der Waals surface area contributed by atoms with E-state index in [1.54, 1.807) is 12.3 Å². The molecule has 2 N–H and O–H groups in total. The molecule has 25 heavy (non-hydrogen) atoms. The number of carbonyl (C=O) groups excluding carboxylic acids is 1. The van der Waals surface area contributed by atoms with Crippen molar-refractivity contribution in [1.29, 1.82) is 5.26 Å². The molecule has 0 fully saturated rings. The molecule has 0 saturated heterocycles. The van der Waals surface area contributed by atoms with Crippen LogP contribution in [0, 0.1) is 11.3 Å². The highest BCUT2D eigenvalue weighted by Crippen LogP contribution is 2.34. The highest BCUT2D eigenvalue weighted by atomic mass is 35.5. The number of hydrogen-bond donors (Lipinski definition) is 2. The van der Waals surface area contributed by atoms with E-state index in [4.69, 9.17) is 20.5 Å². The summed E-state index contributed by atoms with van der Waals surface area (Å²) in [5.74, 6) is -0.541. The molecule has 3 heterocycles. The van der Waals surface area contributed by atoms with Crippen molar-refractivity contribution in [3.8, 4) is 11.8 Å². The quantitative estimate of drug-likeness (QED) is 0.693. The third-order valence-corrected chi connectivity index (χ3v) is 3.67. The monoisotopic (exact) mass is 359 g/mol. The van der Waals surface area contributed by atoms with Gasteiger partial charge < -0.3 is 15.4 Å². The molecule has 0 spiro atoms. The van der Waals surface area contributed by atoms with Crippen LogP contribution in [0.2, 0.25) is 5.15 Å². The molecular formula is C16H13ClN6O2. The number of ether oxygens (including phenoxy) is 1. The summed E-state index contributed by atoms with van der Waals surface area (Å²) in [7, 11) is 1.43. The topological polar surface area (TPSA) is 104 Å². The second-order valence-electron chi connectivity index (χ2n) is 4.86. The first-order chi connectivity index (χ1) is 13.2. The second kappa shape index (κ2) is 6.67. The van der Waals surface area contributed by atoms with Crippen molar-refractivity contribution in [3.05, 3.63) is 47.0 Å². The van der Waals surface area contributed by atoms with Crippen molar-refractivity contribution in [2.75, 3.05) is 19.4 Å². The zero-order valence-electron chi connectivity index (χ0n) is 15.9. The minimum atomic E-state index is -2.66. The Balaban J connectivity index is 2.08. The predicted octanol–water partition coefficient (Wildman–Crippen LogP) is 2.37. The summed E-state index contributed by atoms with van der Waals surface area (Å²) in [6, 6.07) is 5.03. The van der Waals surface area contributed by atoms with Crippen LogP contribution in [0.25, 0.3) is 5.52 Å². The van der Waals surface area contributed by atoms with Crippen LogP contribution >= 0.6 is 11.6 Å². The summed E-state index contributed by atoms with van der Waals surface area (Å²) >= 11 is 5.94. The van der Waals surface area contributed by atoms with Crippen LogP contribution in [-0.4, -0.2) is 34.6 Å². The number of nitrogens with zero attached hydrogens (tertiary/aromatic N) is 4. The van der Waals surface area contributed by atoms with Crippen LogP contribution in [0.1, 0.15) is 20.0 Å². The molecule has 126 valence electrons. The largest absolute Gasteiger partial charge is 0.492 e. The fourth-order valence-electron chi connectivity index (χ4n) is 2.36. The Labute approximate surface area is 152 Å². The number of nitrogens with one attached hydrogen (secondary N) is 2. The predicted molar refractivity (Wildman–Crippen MR) is 92.4 cm³/mol. The Morgan fingerprint density at radius 3 is 3.04 bits per heavy atom. The van der Waals surface area contributed by atoms with Crippen LogP contribution in [0.15, 0.2) is 30.7 Å². The molecule has 0 aromatic carbocycles. The number of nitriles is 1. The van der Waals surface area contributed by atoms with E-state index in [0.29, 0.717) is 22.5 Å². The minimum Gasteiger partial charge on any atom is -0.492 e. The normalized spacial score (nSPS) is 12.6. The van der Waals surface area contributed by atoms with Gasteiger partial charge in [0.1, 0.15) is 22.3 Å². The maximum atomic E-state index is 12.3. The summed E-state index contributed by atoms with van der Waals surface area (Å²) in [5, 5.41) is 18.3. The highest BCUT2D eigenvalue weighted by molar-refractivity contribution is 6.29. The van der Waals surface area contributed by atoms with Gasteiger partial charge in [-0.1, -0.05) is 11.6 Å². The molecular weight excluding hydrogens is 344 g/mol. The SMILES string of the molecule is [2H]C([2H])([2H])NC(=O)c1cnc(Cl)cc1Nc1ccn2ncc(C#N)c2c1OC. The lowest BCUT2D eigenvalue weighted by molar-refractivity contribution is 0.0963. The van der Waals surface area contributed by atoms with Gasteiger partial charge in [0.05, 0.1) is 30.2 Å². The number of hydrogen-bond acceptors (Lipinski definition) is 6. The lowest BCUT2D eigenvalue weighted by Gasteiger charge is -2.15. The lowest BCUT2D eigenvalue weighted by Crippen LogP contribution is -2.19. The summed E-state index contributed by atoms with van der Waals surface area (Å²) in [6.45, 7) is -2.66. The average Bonchev–Trinajstić information content (AvgIpc) is 3.03. The van der Waals surface area contributed by atoms with Gasteiger partial charge in [-0.2, -0.15) is 10.4 Å². The number of halogens is 1. The Hall–Kier alpha value is -3.31. The summed E-state index contributed by atoms with van der Waals surface area (Å²) in [5.41, 5.74) is 1.33. The minimum absolute atomic E-state index is 0.0311. The Morgan fingerprint density at radius 2 is 2.32 bits per heavy atom. The molecule has 3 aromatic rings. The summed E-state index contributed by atoms with van der Waals surface area (Å²) in [4.78, 5) is 16.2. The Bertz CT molecular complexity index is 1110. The van der Waals surface area contributed by atoms with Crippen molar-refractivity contribution >= 4 is 34.4 Å². The molecule has 0 radical (unpaired) electrons. The van der Waals surface area contributed by atoms with Crippen molar-refractivity contribution in [3.63, 3.8) is 0 Å². The van der Waals surface area contributed by atoms with Gasteiger partial charge in [0.25, 0.3) is 5.91 Å². The van der Waals surface area contributed by atoms with Gasteiger partial charge >= 0.3 is 0 Å². The molecule has 0 saturated carbocycles. The molecule has 3 rings (SSSR count). The van der Waals surface area contributed by atoms with E-state index in [2.05, 4.69) is 15.4 Å². The van der Waals surface area contributed by atoms with Crippen LogP contribution in [0.4, 0.5) is 11.4 Å². The van der Waals surface area contributed by atoms with Crippen LogP contribution in [-0.2, 0) is 0 Å². The lowest BCUT2D eigenvalue weighted by atomic mass is 10.2. The first-order valence-corrected chi connectivity index (χ1v) is 7.31. The number of methoxy groups -OCH3 is 1. The number of fused-ring (bicyclic) bond motifs is 1. The van der Waals surface area contributed by atoms with Gasteiger partial charge in [-0.3, -0.25) is 4.79 Å². The molecule has 0 unspecified atom stereocenters. The molecule has 8 nitrogen and oxygen atoms in total. The maximum absolute atomic E-state index is 12.3. The molecule has 0 atom stereocenters. The van der Waals surface area contributed by atoms with Crippen LogP contribution in [0.5, 0.6) is 5.75 Å². The fourth-order valence-corrected chi connectivity index (χ4v) is 2.52. The molecule has 0 bridgehead atoms. The van der Waals surface area contributed by atoms with Gasteiger partial charge in [-0.25, -0.2) is 9.50 Å². The average molecular weight is 360 g/mol. The van der Waals surface area contributed by atoms with E-state index in [0.717, 1.165) is 6.20 Å². The van der Waals surface area contributed by atoms with Gasteiger partial charge in [-0.15, -0.1) is 0 Å². The van der Waals surface area contributed by atoms with Crippen LogP contribution < -0.4 is 15.4 Å². The van der Waals surface area contributed by atoms with Crippen molar-refractivity contribution in [2.45, 2.75) is 0 Å². The number of rotatable bonds is 4. The van der Waals surface area contributed by atoms with Gasteiger partial charge in [0, 0.05) is 23.5 Å². The van der Waals surface area contributed by atoms with E-state index in [1.165, 1.54) is 23.9 Å². The maximum Gasteiger partial charge on any atom is 0.254 e. The second-order valence-corrected chi connectivity index (χ2v) is 5.24. The first-order valence-electron chi connectivity index (χ1n) is 8.43. The smallest absolute Gasteiger partial charge is 0.254 e. The fraction of sp³-hybridized carbons (Fsp3) is 0.125. The number of amides is 1. The van der Waals surface area contributed by atoms with Crippen molar-refractivity contribution < 1.29 is 13.6 Å². The summed E-state index contributed by atoms with van der Waals surface area (Å²) < 4.78 is 28.5. The number of aromatic nitrogens is 3. The van der Waals surface area contributed by atoms with Gasteiger partial charge in [0.15, 0.2) is 5.75 Å². The number of carbonyl (C=O) groups is 1. The third kappa shape index (κ3) is 2.93. The molecule has 0 aliphatic rings. The molecule has 3 aromatic heterocycles. The molecule has 0 aliphatic carbocycles. The van der Waals surface area contributed by atoms with Gasteiger partial charge in [-0.05, 0) is 12.1 Å². The van der Waals surface area contributed by atoms with Crippen molar-refractivity contribution in [2.24, 2.45) is 0 Å². The van der Waals surface area contributed by atoms with Crippen molar-refractivity contribution in [1.82, 2.24) is 19.9 Å². The van der Waals surface area contributed by atoms with E-state index in [-0.39, 0.29) is 16.4 Å². The molecule has 0 aliphatic heterocycles. The van der Waals surface area contributed by atoms with Crippen LogP contribution in [0.3, 0.4) is 0 Å². The zero-order valence-corrected chi connectivity index (χ0v) is 13.6. The highest BCUT2D eigenvalue weighted by Gasteiger charge is 2.17. The third-order valence-electron chi connectivity index (χ3n) is 3.46. The number of anilines is 2. The van der Waals surface area contributed by atoms with E-state index in [1.807, 2.05) is 11.4 Å². The van der Waals surface area contributed by atoms with E-state index >= 15 is 0 Å². The first kappa shape index (κ1) is 13.0. The van der Waals surface area contributed by atoms with Gasteiger partial charge in [0.2, 0.25) is 0 Å².